The molecule has 2 aromatic heterocycles. The number of nitrogens with zero attached hydrogens (tertiary/aromatic N) is 1. The summed E-state index contributed by atoms with van der Waals surface area (Å²) < 4.78 is 5.15. The summed E-state index contributed by atoms with van der Waals surface area (Å²) in [5.41, 5.74) is 1.76. The Labute approximate surface area is 126 Å². The smallest absolute Gasteiger partial charge is 0.239 e. The number of rotatable bonds is 5. The van der Waals surface area contributed by atoms with Crippen molar-refractivity contribution < 1.29 is 9.32 Å². The van der Waals surface area contributed by atoms with Gasteiger partial charge in [0.2, 0.25) is 11.8 Å². The number of benzene rings is 1. The van der Waals surface area contributed by atoms with Gasteiger partial charge in [-0.1, -0.05) is 41.6 Å². The fourth-order valence-corrected chi connectivity index (χ4v) is 2.74. The van der Waals surface area contributed by atoms with Gasteiger partial charge in [-0.3, -0.25) is 10.1 Å². The molecule has 0 saturated carbocycles. The van der Waals surface area contributed by atoms with E-state index in [-0.39, 0.29) is 5.91 Å². The third kappa shape index (κ3) is 3.38. The van der Waals surface area contributed by atoms with Crippen LogP contribution in [0.25, 0.3) is 11.1 Å². The summed E-state index contributed by atoms with van der Waals surface area (Å²) in [6.07, 6.45) is 2.78. The minimum Gasteiger partial charge on any atom is -0.338 e. The number of thiophene rings is 1. The third-order valence-corrected chi connectivity index (χ3v) is 4.02. The van der Waals surface area contributed by atoms with Crippen LogP contribution in [0.4, 0.5) is 5.88 Å². The lowest BCUT2D eigenvalue weighted by Crippen LogP contribution is -2.12. The summed E-state index contributed by atoms with van der Waals surface area (Å²) in [4.78, 5) is 13.2. The summed E-state index contributed by atoms with van der Waals surface area (Å²) in [6.45, 7) is 0. The molecule has 106 valence electrons. The molecule has 0 unspecified atom stereocenters. The van der Waals surface area contributed by atoms with Crippen LogP contribution in [-0.4, -0.2) is 11.1 Å². The Morgan fingerprint density at radius 1 is 1.19 bits per heavy atom. The molecular formula is C16H14N2O2S. The standard InChI is InChI=1S/C16H14N2O2S/c19-15(9-8-13-7-4-10-21-13)18-16-14(11-17-20-16)12-5-2-1-3-6-12/h1-7,10-11H,8-9H2,(H,18,19). The first kappa shape index (κ1) is 13.6. The molecule has 0 aliphatic carbocycles. The summed E-state index contributed by atoms with van der Waals surface area (Å²) in [5, 5.41) is 8.57. The minimum absolute atomic E-state index is 0.0719. The molecule has 0 saturated heterocycles. The van der Waals surface area contributed by atoms with Crippen molar-refractivity contribution in [3.63, 3.8) is 0 Å². The number of anilines is 1. The van der Waals surface area contributed by atoms with Crippen molar-refractivity contribution in [2.24, 2.45) is 0 Å². The van der Waals surface area contributed by atoms with Gasteiger partial charge in [-0.15, -0.1) is 11.3 Å². The van der Waals surface area contributed by atoms with Gasteiger partial charge < -0.3 is 4.52 Å². The van der Waals surface area contributed by atoms with E-state index in [1.54, 1.807) is 17.5 Å². The molecule has 3 aromatic rings. The molecule has 4 nitrogen and oxygen atoms in total. The van der Waals surface area contributed by atoms with E-state index in [4.69, 9.17) is 4.52 Å². The molecule has 0 aliphatic heterocycles. The predicted molar refractivity (Wildman–Crippen MR) is 83.2 cm³/mol. The minimum atomic E-state index is -0.0719. The topological polar surface area (TPSA) is 55.1 Å². The number of nitrogens with one attached hydrogen (secondary N) is 1. The zero-order valence-corrected chi connectivity index (χ0v) is 12.1. The first-order valence-corrected chi connectivity index (χ1v) is 7.53. The van der Waals surface area contributed by atoms with Crippen LogP contribution >= 0.6 is 11.3 Å². The van der Waals surface area contributed by atoms with Crippen molar-refractivity contribution >= 4 is 23.1 Å². The number of carbonyl (C=O) groups excluding carboxylic acids is 1. The first-order valence-electron chi connectivity index (χ1n) is 6.65. The fourth-order valence-electron chi connectivity index (χ4n) is 2.03. The Kier molecular flexibility index (Phi) is 4.12. The van der Waals surface area contributed by atoms with Crippen molar-refractivity contribution in [2.75, 3.05) is 5.32 Å². The van der Waals surface area contributed by atoms with E-state index in [9.17, 15) is 4.79 Å². The van der Waals surface area contributed by atoms with E-state index < -0.39 is 0 Å². The lowest BCUT2D eigenvalue weighted by Gasteiger charge is -2.03. The largest absolute Gasteiger partial charge is 0.338 e. The Balaban J connectivity index is 1.65. The van der Waals surface area contributed by atoms with Crippen LogP contribution in [0.3, 0.4) is 0 Å². The van der Waals surface area contributed by atoms with Crippen LogP contribution in [0.2, 0.25) is 0 Å². The first-order chi connectivity index (χ1) is 10.3. The number of amides is 1. The molecule has 0 spiro atoms. The lowest BCUT2D eigenvalue weighted by molar-refractivity contribution is -0.116. The highest BCUT2D eigenvalue weighted by Crippen LogP contribution is 2.27. The fraction of sp³-hybridized carbons (Fsp3) is 0.125. The summed E-state index contributed by atoms with van der Waals surface area (Å²) in [7, 11) is 0. The zero-order chi connectivity index (χ0) is 14.5. The Morgan fingerprint density at radius 2 is 2.05 bits per heavy atom. The number of carbonyl (C=O) groups is 1. The van der Waals surface area contributed by atoms with Crippen molar-refractivity contribution in [3.8, 4) is 11.1 Å². The molecule has 1 aromatic carbocycles. The molecule has 0 atom stereocenters. The molecular weight excluding hydrogens is 284 g/mol. The summed E-state index contributed by atoms with van der Waals surface area (Å²) in [6, 6.07) is 13.7. The second kappa shape index (κ2) is 6.37. The van der Waals surface area contributed by atoms with Crippen LogP contribution in [0.1, 0.15) is 11.3 Å². The quantitative estimate of drug-likeness (QED) is 0.775. The maximum Gasteiger partial charge on any atom is 0.239 e. The maximum absolute atomic E-state index is 12.0. The van der Waals surface area contributed by atoms with Crippen LogP contribution < -0.4 is 5.32 Å². The van der Waals surface area contributed by atoms with Crippen molar-refractivity contribution in [1.29, 1.82) is 0 Å². The average molecular weight is 298 g/mol. The molecule has 0 bridgehead atoms. The van der Waals surface area contributed by atoms with Crippen molar-refractivity contribution in [1.82, 2.24) is 5.16 Å². The molecule has 21 heavy (non-hydrogen) atoms. The third-order valence-electron chi connectivity index (χ3n) is 3.09. The molecule has 0 fully saturated rings. The van der Waals surface area contributed by atoms with Gasteiger partial charge in [0.25, 0.3) is 0 Å². The molecule has 5 heteroatoms. The summed E-state index contributed by atoms with van der Waals surface area (Å²) >= 11 is 1.66. The Bertz CT molecular complexity index is 705. The number of hydrogen-bond acceptors (Lipinski definition) is 4. The van der Waals surface area contributed by atoms with Gasteiger partial charge in [0, 0.05) is 11.3 Å². The molecule has 2 heterocycles. The second-order valence-electron chi connectivity index (χ2n) is 4.56. The average Bonchev–Trinajstić information content (AvgIpc) is 3.17. The van der Waals surface area contributed by atoms with E-state index in [0.29, 0.717) is 12.3 Å². The number of aryl methyl sites for hydroxylation is 1. The SMILES string of the molecule is O=C(CCc1cccs1)Nc1oncc1-c1ccccc1. The van der Waals surface area contributed by atoms with Crippen LogP contribution in [0.5, 0.6) is 0 Å². The normalized spacial score (nSPS) is 10.5. The van der Waals surface area contributed by atoms with E-state index in [1.165, 1.54) is 4.88 Å². The van der Waals surface area contributed by atoms with Gasteiger partial charge in [0.15, 0.2) is 0 Å². The Hall–Kier alpha value is -2.40. The van der Waals surface area contributed by atoms with Crippen molar-refractivity contribution in [2.45, 2.75) is 12.8 Å². The Morgan fingerprint density at radius 3 is 2.81 bits per heavy atom. The highest BCUT2D eigenvalue weighted by Gasteiger charge is 2.13. The molecule has 0 aliphatic rings. The highest BCUT2D eigenvalue weighted by atomic mass is 32.1. The van der Waals surface area contributed by atoms with Crippen LogP contribution in [0, 0.1) is 0 Å². The predicted octanol–water partition coefficient (Wildman–Crippen LogP) is 3.97. The molecule has 1 N–H and O–H groups in total. The zero-order valence-electron chi connectivity index (χ0n) is 11.3. The van der Waals surface area contributed by atoms with E-state index in [1.807, 2.05) is 47.8 Å². The van der Waals surface area contributed by atoms with E-state index >= 15 is 0 Å². The molecule has 0 radical (unpaired) electrons. The van der Waals surface area contributed by atoms with Gasteiger partial charge in [-0.25, -0.2) is 0 Å². The van der Waals surface area contributed by atoms with Gasteiger partial charge in [-0.2, -0.15) is 0 Å². The highest BCUT2D eigenvalue weighted by molar-refractivity contribution is 7.09. The number of aromatic nitrogens is 1. The monoisotopic (exact) mass is 298 g/mol. The molecule has 3 rings (SSSR count). The lowest BCUT2D eigenvalue weighted by atomic mass is 10.1. The van der Waals surface area contributed by atoms with Gasteiger partial charge >= 0.3 is 0 Å². The number of hydrogen-bond donors (Lipinski definition) is 1. The van der Waals surface area contributed by atoms with Gasteiger partial charge in [0.1, 0.15) is 0 Å². The second-order valence-corrected chi connectivity index (χ2v) is 5.59. The van der Waals surface area contributed by atoms with Gasteiger partial charge in [0.05, 0.1) is 11.8 Å². The summed E-state index contributed by atoms with van der Waals surface area (Å²) in [5.74, 6) is 0.328. The van der Waals surface area contributed by atoms with Crippen LogP contribution in [0.15, 0.2) is 58.6 Å². The van der Waals surface area contributed by atoms with Crippen molar-refractivity contribution in [3.05, 3.63) is 58.9 Å². The maximum atomic E-state index is 12.0. The molecule has 1 amide bonds. The van der Waals surface area contributed by atoms with Gasteiger partial charge in [-0.05, 0) is 23.4 Å². The van der Waals surface area contributed by atoms with E-state index in [2.05, 4.69) is 10.5 Å². The van der Waals surface area contributed by atoms with Crippen LogP contribution in [-0.2, 0) is 11.2 Å². The van der Waals surface area contributed by atoms with E-state index in [0.717, 1.165) is 17.5 Å².